The first-order chi connectivity index (χ1) is 28.5. The molecule has 0 fully saturated rings. The topological polar surface area (TPSA) is 197 Å². The molecule has 0 heterocycles. The number of ether oxygens (including phenoxy) is 2. The lowest BCUT2D eigenvalue weighted by molar-refractivity contribution is -0.116. The van der Waals surface area contributed by atoms with Crippen LogP contribution in [0.2, 0.25) is 10.0 Å². The largest absolute Gasteiger partial charge is 0.485 e. The first-order valence-electron chi connectivity index (χ1n) is 18.3. The predicted molar refractivity (Wildman–Crippen MR) is 234 cm³/mol. The summed E-state index contributed by atoms with van der Waals surface area (Å²) in [6, 6.07) is 41.4. The van der Waals surface area contributed by atoms with E-state index in [4.69, 9.17) is 43.0 Å². The lowest BCUT2D eigenvalue weighted by atomic mass is 10.1. The highest BCUT2D eigenvalue weighted by Gasteiger charge is 2.21. The molecule has 2 atom stereocenters. The molecule has 0 saturated carbocycles. The number of nitrogens with one attached hydrogen (secondary N) is 2. The molecule has 0 aliphatic carbocycles. The Morgan fingerprint density at radius 2 is 0.867 bits per heavy atom. The molecular weight excluding hydrogens is 848 g/mol. The molecule has 6 rings (SSSR count). The van der Waals surface area contributed by atoms with Crippen molar-refractivity contribution in [3.05, 3.63) is 178 Å². The number of rotatable bonds is 14. The number of primary sulfonamides is 2. The quantitative estimate of drug-likeness (QED) is 0.0834. The number of amides is 2. The van der Waals surface area contributed by atoms with Crippen LogP contribution >= 0.6 is 23.2 Å². The van der Waals surface area contributed by atoms with Crippen LogP contribution in [0.5, 0.6) is 11.5 Å². The minimum atomic E-state index is -4.08. The van der Waals surface area contributed by atoms with Gasteiger partial charge < -0.3 is 20.1 Å². The van der Waals surface area contributed by atoms with Crippen molar-refractivity contribution in [3.63, 3.8) is 0 Å². The van der Waals surface area contributed by atoms with E-state index in [0.29, 0.717) is 21.2 Å². The lowest BCUT2D eigenvalue weighted by Crippen LogP contribution is -2.17. The highest BCUT2D eigenvalue weighted by atomic mass is 35.5. The van der Waals surface area contributed by atoms with Crippen LogP contribution in [0, 0.1) is 0 Å². The summed E-state index contributed by atoms with van der Waals surface area (Å²) in [4.78, 5) is 24.3. The van der Waals surface area contributed by atoms with Gasteiger partial charge in [-0.05, 0) is 84.6 Å². The van der Waals surface area contributed by atoms with Crippen molar-refractivity contribution in [1.29, 1.82) is 0 Å². The number of anilines is 2. The molecular formula is C44H42Cl2N4O8S2. The third kappa shape index (κ3) is 13.1. The Kier molecular flexibility index (Phi) is 15.5. The number of nitrogens with two attached hydrogens (primary N) is 2. The fourth-order valence-corrected chi connectivity index (χ4v) is 7.60. The zero-order valence-corrected chi connectivity index (χ0v) is 35.6. The average Bonchev–Trinajstić information content (AvgIpc) is 3.21. The van der Waals surface area contributed by atoms with Gasteiger partial charge in [0.05, 0.1) is 12.8 Å². The highest BCUT2D eigenvalue weighted by molar-refractivity contribution is 7.89. The zero-order valence-electron chi connectivity index (χ0n) is 32.4. The molecule has 312 valence electrons. The normalized spacial score (nSPS) is 12.2. The van der Waals surface area contributed by atoms with Crippen LogP contribution in [0.3, 0.4) is 0 Å². The number of hydrogen-bond acceptors (Lipinski definition) is 8. The number of hydrogen-bond donors (Lipinski definition) is 4. The highest BCUT2D eigenvalue weighted by Crippen LogP contribution is 2.32. The van der Waals surface area contributed by atoms with Gasteiger partial charge in [0.25, 0.3) is 0 Å². The van der Waals surface area contributed by atoms with Gasteiger partial charge in [-0.3, -0.25) is 9.59 Å². The molecule has 0 spiro atoms. The third-order valence-electron chi connectivity index (χ3n) is 8.83. The Labute approximate surface area is 359 Å². The van der Waals surface area contributed by atoms with Crippen molar-refractivity contribution < 1.29 is 35.9 Å². The van der Waals surface area contributed by atoms with Crippen LogP contribution < -0.4 is 30.4 Å². The van der Waals surface area contributed by atoms with Crippen molar-refractivity contribution in [1.82, 2.24) is 0 Å². The van der Waals surface area contributed by atoms with Crippen LogP contribution in [0.25, 0.3) is 0 Å². The van der Waals surface area contributed by atoms with E-state index in [1.165, 1.54) is 24.3 Å². The zero-order chi connectivity index (χ0) is 43.5. The SMILES string of the molecule is CC(Oc1ccc(NC(=O)Cc2ccccc2Cl)cc1S(N)(=O)=O)c1ccccc1.CC(Oc1ccc(NC(=O)Cc2ccccc2Cl)cc1S(N)(=O)=O)c1ccccc1. The molecule has 12 nitrogen and oxygen atoms in total. The molecule has 16 heteroatoms. The second kappa shape index (κ2) is 20.5. The van der Waals surface area contributed by atoms with E-state index in [2.05, 4.69) is 10.6 Å². The lowest BCUT2D eigenvalue weighted by Gasteiger charge is -2.18. The van der Waals surface area contributed by atoms with E-state index < -0.39 is 32.3 Å². The molecule has 2 amide bonds. The van der Waals surface area contributed by atoms with Crippen LogP contribution in [0.15, 0.2) is 155 Å². The van der Waals surface area contributed by atoms with Gasteiger partial charge in [-0.2, -0.15) is 0 Å². The van der Waals surface area contributed by atoms with Crippen LogP contribution in [-0.2, 0) is 42.5 Å². The fourth-order valence-electron chi connectivity index (χ4n) is 5.82. The summed E-state index contributed by atoms with van der Waals surface area (Å²) in [6.45, 7) is 3.61. The summed E-state index contributed by atoms with van der Waals surface area (Å²) in [5.74, 6) is -0.458. The van der Waals surface area contributed by atoms with Crippen molar-refractivity contribution in [2.45, 2.75) is 48.7 Å². The summed E-state index contributed by atoms with van der Waals surface area (Å²) in [5, 5.41) is 17.1. The smallest absolute Gasteiger partial charge is 0.241 e. The molecule has 6 aromatic carbocycles. The molecule has 6 aromatic rings. The third-order valence-corrected chi connectivity index (χ3v) is 11.4. The Morgan fingerprint density at radius 3 is 1.20 bits per heavy atom. The summed E-state index contributed by atoms with van der Waals surface area (Å²) >= 11 is 12.2. The van der Waals surface area contributed by atoms with E-state index in [1.807, 2.05) is 74.5 Å². The second-order valence-corrected chi connectivity index (χ2v) is 17.3. The summed E-state index contributed by atoms with van der Waals surface area (Å²) < 4.78 is 60.1. The van der Waals surface area contributed by atoms with Crippen LogP contribution in [-0.4, -0.2) is 28.6 Å². The van der Waals surface area contributed by atoms with E-state index in [1.54, 1.807) is 60.7 Å². The van der Waals surface area contributed by atoms with Crippen molar-refractivity contribution in [2.24, 2.45) is 10.3 Å². The molecule has 0 radical (unpaired) electrons. The number of benzene rings is 6. The molecule has 2 unspecified atom stereocenters. The molecule has 0 bridgehead atoms. The molecule has 60 heavy (non-hydrogen) atoms. The number of carbonyl (C=O) groups is 2. The molecule has 0 aliphatic heterocycles. The maximum atomic E-state index is 12.4. The molecule has 6 N–H and O–H groups in total. The molecule has 0 aliphatic rings. The van der Waals surface area contributed by atoms with Crippen molar-refractivity contribution in [2.75, 3.05) is 10.6 Å². The van der Waals surface area contributed by atoms with Crippen molar-refractivity contribution >= 4 is 66.4 Å². The van der Waals surface area contributed by atoms with E-state index in [-0.39, 0.29) is 57.3 Å². The van der Waals surface area contributed by atoms with E-state index in [9.17, 15) is 26.4 Å². The van der Waals surface area contributed by atoms with Crippen molar-refractivity contribution in [3.8, 4) is 11.5 Å². The van der Waals surface area contributed by atoms with E-state index in [0.717, 1.165) is 11.1 Å². The van der Waals surface area contributed by atoms with E-state index >= 15 is 0 Å². The maximum absolute atomic E-state index is 12.4. The van der Waals surface area contributed by atoms with Gasteiger partial charge in [0.1, 0.15) is 33.5 Å². The first-order valence-corrected chi connectivity index (χ1v) is 22.2. The van der Waals surface area contributed by atoms with Gasteiger partial charge in [-0.25, -0.2) is 27.1 Å². The van der Waals surface area contributed by atoms with Gasteiger partial charge in [0.15, 0.2) is 0 Å². The number of sulfonamides is 2. The Morgan fingerprint density at radius 1 is 0.533 bits per heavy atom. The predicted octanol–water partition coefficient (Wildman–Crippen LogP) is 8.62. The Hall–Kier alpha value is -5.74. The van der Waals surface area contributed by atoms with Crippen LogP contribution in [0.1, 0.15) is 48.3 Å². The maximum Gasteiger partial charge on any atom is 0.241 e. The van der Waals surface area contributed by atoms with Gasteiger partial charge in [0, 0.05) is 21.4 Å². The first kappa shape index (κ1) is 45.3. The van der Waals surface area contributed by atoms with Gasteiger partial charge in [-0.1, -0.05) is 120 Å². The monoisotopic (exact) mass is 888 g/mol. The average molecular weight is 890 g/mol. The second-order valence-electron chi connectivity index (χ2n) is 13.4. The summed E-state index contributed by atoms with van der Waals surface area (Å²) in [6.07, 6.45) is -0.693. The number of halogens is 2. The fraction of sp³-hybridized carbons (Fsp3) is 0.136. The van der Waals surface area contributed by atoms with Gasteiger partial charge in [0.2, 0.25) is 31.9 Å². The molecule has 0 saturated heterocycles. The minimum Gasteiger partial charge on any atom is -0.485 e. The van der Waals surface area contributed by atoms with Gasteiger partial charge >= 0.3 is 0 Å². The van der Waals surface area contributed by atoms with Crippen LogP contribution in [0.4, 0.5) is 11.4 Å². The Balaban J connectivity index is 0.000000228. The van der Waals surface area contributed by atoms with Gasteiger partial charge in [-0.15, -0.1) is 0 Å². The number of carbonyl (C=O) groups excluding carboxylic acids is 2. The Bertz CT molecular complexity index is 2490. The minimum absolute atomic E-state index is 0.0493. The standard InChI is InChI=1S/2C22H21ClN2O4S/c2*1-15(16-7-3-2-4-8-16)29-20-12-11-18(14-21(20)30(24,27)28)25-22(26)13-17-9-5-6-10-19(17)23/h2*2-12,14-15H,13H2,1H3,(H,25,26)(H2,24,27,28). The molecule has 0 aromatic heterocycles. The summed E-state index contributed by atoms with van der Waals surface area (Å²) in [7, 11) is -8.17. The summed E-state index contributed by atoms with van der Waals surface area (Å²) in [5.41, 5.74) is 3.68.